The average Bonchev–Trinajstić information content (AvgIpc) is 2.92. The van der Waals surface area contributed by atoms with Crippen LogP contribution in [0.25, 0.3) is 6.08 Å². The molecule has 2 rings (SSSR count). The van der Waals surface area contributed by atoms with Crippen molar-refractivity contribution in [3.05, 3.63) is 28.9 Å². The molecule has 1 aromatic rings. The zero-order valence-corrected chi connectivity index (χ0v) is 12.3. The maximum absolute atomic E-state index is 11.2. The summed E-state index contributed by atoms with van der Waals surface area (Å²) in [4.78, 5) is 15.5. The molecule has 108 valence electrons. The molecule has 5 heteroatoms. The predicted octanol–water partition coefficient (Wildman–Crippen LogP) is 3.67. The third-order valence-electron chi connectivity index (χ3n) is 3.26. The minimum atomic E-state index is -0.364. The molecule has 1 N–H and O–H groups in total. The molecule has 0 spiro atoms. The van der Waals surface area contributed by atoms with E-state index in [4.69, 9.17) is 16.3 Å². The first-order chi connectivity index (χ1) is 9.69. The molecule has 4 nitrogen and oxygen atoms in total. The van der Waals surface area contributed by atoms with E-state index in [1.165, 1.54) is 31.8 Å². The normalized spacial score (nSPS) is 15.7. The van der Waals surface area contributed by atoms with E-state index in [2.05, 4.69) is 10.3 Å². The van der Waals surface area contributed by atoms with Gasteiger partial charge in [-0.1, -0.05) is 24.4 Å². The SMILES string of the molecule is CCOC(=O)C=Cc1cnc(NC2CCCC2)c(Cl)c1. The summed E-state index contributed by atoms with van der Waals surface area (Å²) in [5.74, 6) is 0.351. The molecule has 1 heterocycles. The first-order valence-electron chi connectivity index (χ1n) is 6.96. The van der Waals surface area contributed by atoms with Crippen LogP contribution >= 0.6 is 11.6 Å². The maximum atomic E-state index is 11.2. The van der Waals surface area contributed by atoms with E-state index in [0.717, 1.165) is 5.56 Å². The highest BCUT2D eigenvalue weighted by Gasteiger charge is 2.16. The Morgan fingerprint density at radius 1 is 1.55 bits per heavy atom. The lowest BCUT2D eigenvalue weighted by Gasteiger charge is -2.13. The third kappa shape index (κ3) is 4.23. The molecule has 0 saturated heterocycles. The Balaban J connectivity index is 1.99. The van der Waals surface area contributed by atoms with Crippen LogP contribution in [0.1, 0.15) is 38.2 Å². The summed E-state index contributed by atoms with van der Waals surface area (Å²) in [6.45, 7) is 2.14. The molecule has 20 heavy (non-hydrogen) atoms. The fraction of sp³-hybridized carbons (Fsp3) is 0.467. The Labute approximate surface area is 124 Å². The van der Waals surface area contributed by atoms with Crippen LogP contribution in [0.4, 0.5) is 5.82 Å². The number of rotatable bonds is 5. The van der Waals surface area contributed by atoms with Gasteiger partial charge in [-0.25, -0.2) is 9.78 Å². The van der Waals surface area contributed by atoms with Crippen LogP contribution in [-0.4, -0.2) is 23.6 Å². The van der Waals surface area contributed by atoms with Gasteiger partial charge < -0.3 is 10.1 Å². The van der Waals surface area contributed by atoms with E-state index < -0.39 is 0 Å². The van der Waals surface area contributed by atoms with E-state index in [1.54, 1.807) is 25.3 Å². The number of carbonyl (C=O) groups is 1. The minimum absolute atomic E-state index is 0.364. The summed E-state index contributed by atoms with van der Waals surface area (Å²) < 4.78 is 4.81. The summed E-state index contributed by atoms with van der Waals surface area (Å²) in [5.41, 5.74) is 0.778. The number of halogens is 1. The molecule has 1 aromatic heterocycles. The molecule has 0 unspecified atom stereocenters. The van der Waals surface area contributed by atoms with Crippen molar-refractivity contribution < 1.29 is 9.53 Å². The zero-order valence-electron chi connectivity index (χ0n) is 11.6. The highest BCUT2D eigenvalue weighted by atomic mass is 35.5. The quantitative estimate of drug-likeness (QED) is 0.665. The number of nitrogens with zero attached hydrogens (tertiary/aromatic N) is 1. The Morgan fingerprint density at radius 2 is 2.30 bits per heavy atom. The Bertz CT molecular complexity index is 497. The molecule has 1 fully saturated rings. The summed E-state index contributed by atoms with van der Waals surface area (Å²) in [7, 11) is 0. The van der Waals surface area contributed by atoms with Crippen LogP contribution < -0.4 is 5.32 Å². The van der Waals surface area contributed by atoms with Gasteiger partial charge in [0.05, 0.1) is 11.6 Å². The number of ether oxygens (including phenoxy) is 1. The van der Waals surface area contributed by atoms with Gasteiger partial charge in [0, 0.05) is 18.3 Å². The van der Waals surface area contributed by atoms with Crippen molar-refractivity contribution in [2.45, 2.75) is 38.6 Å². The van der Waals surface area contributed by atoms with Gasteiger partial charge in [0.1, 0.15) is 5.82 Å². The molecular weight excluding hydrogens is 276 g/mol. The molecule has 0 radical (unpaired) electrons. The highest BCUT2D eigenvalue weighted by Crippen LogP contribution is 2.26. The van der Waals surface area contributed by atoms with Crippen molar-refractivity contribution in [2.24, 2.45) is 0 Å². The number of hydrogen-bond donors (Lipinski definition) is 1. The van der Waals surface area contributed by atoms with Crippen LogP contribution in [0, 0.1) is 0 Å². The Hall–Kier alpha value is -1.55. The number of aromatic nitrogens is 1. The average molecular weight is 295 g/mol. The smallest absolute Gasteiger partial charge is 0.330 e. The second-order valence-electron chi connectivity index (χ2n) is 4.81. The minimum Gasteiger partial charge on any atom is -0.463 e. The fourth-order valence-electron chi connectivity index (χ4n) is 2.27. The van der Waals surface area contributed by atoms with Crippen LogP contribution in [-0.2, 0) is 9.53 Å². The van der Waals surface area contributed by atoms with Crippen molar-refractivity contribution in [3.63, 3.8) is 0 Å². The van der Waals surface area contributed by atoms with E-state index in [9.17, 15) is 4.79 Å². The molecule has 1 aliphatic carbocycles. The first kappa shape index (κ1) is 14.9. The van der Waals surface area contributed by atoms with E-state index in [1.807, 2.05) is 0 Å². The van der Waals surface area contributed by atoms with Crippen LogP contribution in [0.5, 0.6) is 0 Å². The van der Waals surface area contributed by atoms with E-state index in [-0.39, 0.29) is 5.97 Å². The lowest BCUT2D eigenvalue weighted by Crippen LogP contribution is -2.15. The van der Waals surface area contributed by atoms with Gasteiger partial charge in [0.2, 0.25) is 0 Å². The van der Waals surface area contributed by atoms with Crippen molar-refractivity contribution in [1.82, 2.24) is 4.98 Å². The molecule has 0 amide bonds. The topological polar surface area (TPSA) is 51.2 Å². The summed E-state index contributed by atoms with van der Waals surface area (Å²) in [6.07, 6.45) is 9.58. The summed E-state index contributed by atoms with van der Waals surface area (Å²) >= 11 is 6.21. The van der Waals surface area contributed by atoms with Crippen LogP contribution in [0.15, 0.2) is 18.3 Å². The van der Waals surface area contributed by atoms with Crippen molar-refractivity contribution in [1.29, 1.82) is 0 Å². The number of nitrogens with one attached hydrogen (secondary N) is 1. The van der Waals surface area contributed by atoms with Gasteiger partial charge in [0.15, 0.2) is 0 Å². The lowest BCUT2D eigenvalue weighted by molar-refractivity contribution is -0.137. The zero-order chi connectivity index (χ0) is 14.4. The number of pyridine rings is 1. The number of carbonyl (C=O) groups excluding carboxylic acids is 1. The van der Waals surface area contributed by atoms with E-state index in [0.29, 0.717) is 23.5 Å². The summed E-state index contributed by atoms with van der Waals surface area (Å²) in [6, 6.07) is 2.27. The standard InChI is InChI=1S/C15H19ClN2O2/c1-2-20-14(19)8-7-11-9-13(16)15(17-10-11)18-12-5-3-4-6-12/h7-10,12H,2-6H2,1H3,(H,17,18). The van der Waals surface area contributed by atoms with Crippen LogP contribution in [0.3, 0.4) is 0 Å². The van der Waals surface area contributed by atoms with Crippen molar-refractivity contribution >= 4 is 29.5 Å². The monoisotopic (exact) mass is 294 g/mol. The van der Waals surface area contributed by atoms with Crippen LogP contribution in [0.2, 0.25) is 5.02 Å². The van der Waals surface area contributed by atoms with E-state index >= 15 is 0 Å². The van der Waals surface area contributed by atoms with Gasteiger partial charge in [-0.05, 0) is 37.5 Å². The van der Waals surface area contributed by atoms with Crippen molar-refractivity contribution in [3.8, 4) is 0 Å². The number of hydrogen-bond acceptors (Lipinski definition) is 4. The molecule has 0 bridgehead atoms. The molecule has 0 atom stereocenters. The Morgan fingerprint density at radius 3 is 2.95 bits per heavy atom. The number of anilines is 1. The van der Waals surface area contributed by atoms with Gasteiger partial charge in [-0.15, -0.1) is 0 Å². The largest absolute Gasteiger partial charge is 0.463 e. The molecule has 1 saturated carbocycles. The van der Waals surface area contributed by atoms with Gasteiger partial charge in [-0.2, -0.15) is 0 Å². The van der Waals surface area contributed by atoms with Gasteiger partial charge in [-0.3, -0.25) is 0 Å². The highest BCUT2D eigenvalue weighted by molar-refractivity contribution is 6.33. The molecule has 0 aliphatic heterocycles. The molecular formula is C15H19ClN2O2. The molecule has 0 aromatic carbocycles. The first-order valence-corrected chi connectivity index (χ1v) is 7.33. The molecule has 1 aliphatic rings. The number of esters is 1. The third-order valence-corrected chi connectivity index (χ3v) is 3.54. The lowest BCUT2D eigenvalue weighted by atomic mass is 10.2. The van der Waals surface area contributed by atoms with Crippen molar-refractivity contribution in [2.75, 3.05) is 11.9 Å². The second-order valence-corrected chi connectivity index (χ2v) is 5.22. The predicted molar refractivity (Wildman–Crippen MR) is 80.8 cm³/mol. The van der Waals surface area contributed by atoms with Gasteiger partial charge >= 0.3 is 5.97 Å². The second kappa shape index (κ2) is 7.29. The van der Waals surface area contributed by atoms with Gasteiger partial charge in [0.25, 0.3) is 0 Å². The summed E-state index contributed by atoms with van der Waals surface area (Å²) in [5, 5.41) is 3.93. The maximum Gasteiger partial charge on any atom is 0.330 e. The Kier molecular flexibility index (Phi) is 5.41. The fourth-order valence-corrected chi connectivity index (χ4v) is 2.50.